The van der Waals surface area contributed by atoms with Crippen LogP contribution < -0.4 is 4.90 Å². The molecule has 1 aromatic rings. The minimum Gasteiger partial charge on any atom is -0.274 e. The molecule has 2 fully saturated rings. The van der Waals surface area contributed by atoms with Crippen LogP contribution in [-0.4, -0.2) is 11.8 Å². The van der Waals surface area contributed by atoms with E-state index in [-0.39, 0.29) is 23.1 Å². The van der Waals surface area contributed by atoms with Gasteiger partial charge in [-0.1, -0.05) is 32.9 Å². The van der Waals surface area contributed by atoms with E-state index in [1.165, 1.54) is 4.90 Å². The molecule has 3 nitrogen and oxygen atoms in total. The maximum absolute atomic E-state index is 12.9. The fraction of sp³-hybridized carbons (Fsp3) is 0.529. The van der Waals surface area contributed by atoms with E-state index in [9.17, 15) is 9.59 Å². The summed E-state index contributed by atoms with van der Waals surface area (Å²) in [6.45, 7) is 8.12. The van der Waals surface area contributed by atoms with Gasteiger partial charge >= 0.3 is 0 Å². The van der Waals surface area contributed by atoms with Crippen molar-refractivity contribution in [1.82, 2.24) is 0 Å². The molecule has 0 aromatic heterocycles. The topological polar surface area (TPSA) is 37.4 Å². The number of fused-ring (bicyclic) bond motifs is 2. The first-order chi connectivity index (χ1) is 9.29. The Morgan fingerprint density at radius 3 is 2.55 bits per heavy atom. The first-order valence-corrected chi connectivity index (χ1v) is 7.24. The average Bonchev–Trinajstić information content (AvgIpc) is 2.54. The molecule has 0 spiro atoms. The van der Waals surface area contributed by atoms with E-state index in [0.29, 0.717) is 5.69 Å². The lowest BCUT2D eigenvalue weighted by Gasteiger charge is -2.47. The van der Waals surface area contributed by atoms with Crippen LogP contribution in [0.5, 0.6) is 0 Å². The van der Waals surface area contributed by atoms with Crippen LogP contribution in [0.3, 0.4) is 0 Å². The van der Waals surface area contributed by atoms with E-state index in [1.54, 1.807) is 0 Å². The van der Waals surface area contributed by atoms with Gasteiger partial charge in [0.25, 0.3) is 0 Å². The zero-order valence-corrected chi connectivity index (χ0v) is 12.6. The third-order valence-electron chi connectivity index (χ3n) is 5.68. The van der Waals surface area contributed by atoms with Gasteiger partial charge in [0.05, 0.1) is 11.1 Å². The fourth-order valence-corrected chi connectivity index (χ4v) is 3.83. The molecular formula is C17H21NO2. The largest absolute Gasteiger partial charge is 0.274 e. The number of carbonyl (C=O) groups is 2. The van der Waals surface area contributed by atoms with Crippen molar-refractivity contribution in [3.05, 3.63) is 29.8 Å². The Balaban J connectivity index is 2.12. The lowest BCUT2D eigenvalue weighted by atomic mass is 9.62. The second kappa shape index (κ2) is 3.94. The molecule has 20 heavy (non-hydrogen) atoms. The number of amides is 2. The van der Waals surface area contributed by atoms with Gasteiger partial charge in [-0.15, -0.1) is 0 Å². The van der Waals surface area contributed by atoms with Crippen LogP contribution in [0.15, 0.2) is 24.3 Å². The highest BCUT2D eigenvalue weighted by Crippen LogP contribution is 2.60. The van der Waals surface area contributed by atoms with Gasteiger partial charge in [0, 0.05) is 5.92 Å². The van der Waals surface area contributed by atoms with Crippen LogP contribution in [-0.2, 0) is 9.59 Å². The van der Waals surface area contributed by atoms with E-state index < -0.39 is 5.41 Å². The summed E-state index contributed by atoms with van der Waals surface area (Å²) < 4.78 is 0. The van der Waals surface area contributed by atoms with Crippen LogP contribution in [0.2, 0.25) is 0 Å². The quantitative estimate of drug-likeness (QED) is 0.735. The van der Waals surface area contributed by atoms with E-state index in [0.717, 1.165) is 18.4 Å². The van der Waals surface area contributed by atoms with Crippen molar-refractivity contribution in [3.63, 3.8) is 0 Å². The minimum absolute atomic E-state index is 0.0272. The maximum atomic E-state index is 12.9. The molecule has 1 heterocycles. The molecule has 0 unspecified atom stereocenters. The molecule has 1 aromatic carbocycles. The van der Waals surface area contributed by atoms with Gasteiger partial charge in [0.15, 0.2) is 0 Å². The first kappa shape index (κ1) is 13.3. The molecule has 2 atom stereocenters. The molecule has 2 aliphatic rings. The SMILES string of the molecule is Cc1cccc(N2C(=O)[C@H]3CC[C@](C)(C2=O)C3(C)C)c1. The number of hydrogen-bond acceptors (Lipinski definition) is 2. The van der Waals surface area contributed by atoms with Crippen molar-refractivity contribution >= 4 is 17.5 Å². The van der Waals surface area contributed by atoms with Crippen molar-refractivity contribution in [2.24, 2.45) is 16.7 Å². The van der Waals surface area contributed by atoms with Crippen LogP contribution in [0.25, 0.3) is 0 Å². The number of aryl methyl sites for hydroxylation is 1. The Kier molecular flexibility index (Phi) is 2.63. The second-order valence-corrected chi connectivity index (χ2v) is 6.96. The summed E-state index contributed by atoms with van der Waals surface area (Å²) in [5.41, 5.74) is 1.09. The number of piperidine rings is 1. The lowest BCUT2D eigenvalue weighted by molar-refractivity contribution is -0.146. The number of benzene rings is 1. The molecule has 0 radical (unpaired) electrons. The van der Waals surface area contributed by atoms with Gasteiger partial charge < -0.3 is 0 Å². The molecule has 2 bridgehead atoms. The summed E-state index contributed by atoms with van der Waals surface area (Å²) in [5.74, 6) is -0.113. The molecular weight excluding hydrogens is 250 g/mol. The summed E-state index contributed by atoms with van der Waals surface area (Å²) in [4.78, 5) is 27.1. The zero-order chi connectivity index (χ0) is 14.7. The van der Waals surface area contributed by atoms with Crippen molar-refractivity contribution in [2.45, 2.75) is 40.5 Å². The molecule has 1 saturated heterocycles. The Labute approximate surface area is 120 Å². The third kappa shape index (κ3) is 1.46. The first-order valence-electron chi connectivity index (χ1n) is 7.24. The number of imide groups is 1. The Morgan fingerprint density at radius 2 is 1.90 bits per heavy atom. The van der Waals surface area contributed by atoms with Gasteiger partial charge in [-0.05, 0) is 42.9 Å². The molecule has 3 rings (SSSR count). The zero-order valence-electron chi connectivity index (χ0n) is 12.6. The van der Waals surface area contributed by atoms with Crippen LogP contribution in [0, 0.1) is 23.7 Å². The predicted octanol–water partition coefficient (Wildman–Crippen LogP) is 3.31. The van der Waals surface area contributed by atoms with Crippen molar-refractivity contribution in [1.29, 1.82) is 0 Å². The molecule has 1 saturated carbocycles. The van der Waals surface area contributed by atoms with Gasteiger partial charge in [0.2, 0.25) is 11.8 Å². The van der Waals surface area contributed by atoms with Gasteiger partial charge in [-0.2, -0.15) is 0 Å². The normalized spacial score (nSPS) is 31.8. The third-order valence-corrected chi connectivity index (χ3v) is 5.68. The van der Waals surface area contributed by atoms with E-state index in [2.05, 4.69) is 13.8 Å². The van der Waals surface area contributed by atoms with E-state index in [4.69, 9.17) is 0 Å². The minimum atomic E-state index is -0.435. The smallest absolute Gasteiger partial charge is 0.240 e. The Hall–Kier alpha value is -1.64. The van der Waals surface area contributed by atoms with Gasteiger partial charge in [-0.25, -0.2) is 4.90 Å². The average molecular weight is 271 g/mol. The molecule has 1 aliphatic heterocycles. The monoisotopic (exact) mass is 271 g/mol. The number of carbonyl (C=O) groups excluding carboxylic acids is 2. The lowest BCUT2D eigenvalue weighted by Crippen LogP contribution is -2.59. The summed E-state index contributed by atoms with van der Waals surface area (Å²) >= 11 is 0. The summed E-state index contributed by atoms with van der Waals surface area (Å²) in [5, 5.41) is 0. The number of nitrogens with zero attached hydrogens (tertiary/aromatic N) is 1. The molecule has 106 valence electrons. The second-order valence-electron chi connectivity index (χ2n) is 6.96. The Bertz CT molecular complexity index is 605. The van der Waals surface area contributed by atoms with Crippen molar-refractivity contribution < 1.29 is 9.59 Å². The summed E-state index contributed by atoms with van der Waals surface area (Å²) in [6, 6.07) is 7.64. The van der Waals surface area contributed by atoms with E-state index >= 15 is 0 Å². The molecule has 3 heteroatoms. The summed E-state index contributed by atoms with van der Waals surface area (Å²) in [6.07, 6.45) is 1.62. The highest BCUT2D eigenvalue weighted by atomic mass is 16.2. The number of hydrogen-bond donors (Lipinski definition) is 0. The molecule has 1 aliphatic carbocycles. The maximum Gasteiger partial charge on any atom is 0.240 e. The van der Waals surface area contributed by atoms with Crippen LogP contribution in [0.1, 0.15) is 39.2 Å². The van der Waals surface area contributed by atoms with E-state index in [1.807, 2.05) is 38.1 Å². The van der Waals surface area contributed by atoms with Crippen LogP contribution in [0.4, 0.5) is 5.69 Å². The predicted molar refractivity (Wildman–Crippen MR) is 78.3 cm³/mol. The van der Waals surface area contributed by atoms with Crippen molar-refractivity contribution in [3.8, 4) is 0 Å². The number of anilines is 1. The Morgan fingerprint density at radius 1 is 1.20 bits per heavy atom. The van der Waals surface area contributed by atoms with Gasteiger partial charge in [0.1, 0.15) is 0 Å². The van der Waals surface area contributed by atoms with Gasteiger partial charge in [-0.3, -0.25) is 9.59 Å². The highest BCUT2D eigenvalue weighted by Gasteiger charge is 2.64. The van der Waals surface area contributed by atoms with Crippen molar-refractivity contribution in [2.75, 3.05) is 4.90 Å². The highest BCUT2D eigenvalue weighted by molar-refractivity contribution is 6.20. The number of rotatable bonds is 1. The summed E-state index contributed by atoms with van der Waals surface area (Å²) in [7, 11) is 0. The standard InChI is InChI=1S/C17H21NO2/c1-11-6-5-7-12(10-11)18-14(19)13-8-9-17(4,15(18)20)16(13,2)3/h5-7,10,13H,8-9H2,1-4H3/t13-,17-/m1/s1. The molecule has 2 amide bonds. The fourth-order valence-electron chi connectivity index (χ4n) is 3.83. The van der Waals surface area contributed by atoms with Crippen LogP contribution >= 0.6 is 0 Å². The molecule has 0 N–H and O–H groups in total.